The molecule has 1 aromatic carbocycles. The third kappa shape index (κ3) is 5.07. The van der Waals surface area contributed by atoms with Gasteiger partial charge in [0.15, 0.2) is 0 Å². The number of hydrogen-bond acceptors (Lipinski definition) is 4. The van der Waals surface area contributed by atoms with Crippen LogP contribution in [-0.4, -0.2) is 31.1 Å². The molecule has 0 aliphatic carbocycles. The van der Waals surface area contributed by atoms with E-state index in [1.54, 1.807) is 13.1 Å². The maximum Gasteiger partial charge on any atom is 0.249 e. The van der Waals surface area contributed by atoms with Crippen LogP contribution in [0.2, 0.25) is 0 Å². The quantitative estimate of drug-likeness (QED) is 0.852. The number of nitrogens with zero attached hydrogens (tertiary/aromatic N) is 2. The van der Waals surface area contributed by atoms with Gasteiger partial charge < -0.3 is 15.0 Å². The average molecular weight is 313 g/mol. The minimum Gasteiger partial charge on any atom is -0.364 e. The van der Waals surface area contributed by atoms with E-state index in [-0.39, 0.29) is 5.91 Å². The Bertz CT molecular complexity index is 629. The van der Waals surface area contributed by atoms with Crippen LogP contribution in [0.4, 0.5) is 5.82 Å². The van der Waals surface area contributed by atoms with Crippen LogP contribution >= 0.6 is 0 Å². The molecule has 0 aliphatic rings. The summed E-state index contributed by atoms with van der Waals surface area (Å²) in [7, 11) is 3.86. The van der Waals surface area contributed by atoms with E-state index in [0.29, 0.717) is 13.2 Å². The number of pyridine rings is 1. The highest BCUT2D eigenvalue weighted by Gasteiger charge is 2.14. The summed E-state index contributed by atoms with van der Waals surface area (Å²) in [5.41, 5.74) is 2.02. The molecule has 1 amide bonds. The highest BCUT2D eigenvalue weighted by Crippen LogP contribution is 2.14. The molecule has 1 aromatic heterocycles. The van der Waals surface area contributed by atoms with Gasteiger partial charge in [0.05, 0.1) is 6.61 Å². The molecule has 1 N–H and O–H groups in total. The van der Waals surface area contributed by atoms with Crippen LogP contribution < -0.4 is 10.2 Å². The first-order chi connectivity index (χ1) is 11.1. The molecule has 0 fully saturated rings. The van der Waals surface area contributed by atoms with E-state index in [2.05, 4.69) is 10.3 Å². The number of ether oxygens (including phenoxy) is 1. The molecule has 2 rings (SSSR count). The Kier molecular flexibility index (Phi) is 6.11. The number of aromatic nitrogens is 1. The predicted octanol–water partition coefficient (Wildman–Crippen LogP) is 2.37. The van der Waals surface area contributed by atoms with Crippen molar-refractivity contribution in [2.75, 3.05) is 19.0 Å². The molecule has 1 heterocycles. The molecule has 23 heavy (non-hydrogen) atoms. The van der Waals surface area contributed by atoms with E-state index in [4.69, 9.17) is 4.74 Å². The Morgan fingerprint density at radius 1 is 1.22 bits per heavy atom. The molecule has 2 aromatic rings. The lowest BCUT2D eigenvalue weighted by molar-refractivity contribution is -0.132. The number of benzene rings is 1. The van der Waals surface area contributed by atoms with Crippen LogP contribution in [-0.2, 0) is 22.7 Å². The van der Waals surface area contributed by atoms with Crippen LogP contribution in [0, 0.1) is 0 Å². The lowest BCUT2D eigenvalue weighted by Gasteiger charge is -2.17. The van der Waals surface area contributed by atoms with Gasteiger partial charge in [-0.05, 0) is 18.6 Å². The topological polar surface area (TPSA) is 54.5 Å². The van der Waals surface area contributed by atoms with E-state index in [9.17, 15) is 4.79 Å². The van der Waals surface area contributed by atoms with Crippen LogP contribution in [0.25, 0.3) is 0 Å². The van der Waals surface area contributed by atoms with Crippen LogP contribution in [0.3, 0.4) is 0 Å². The Morgan fingerprint density at radius 2 is 1.96 bits per heavy atom. The zero-order valence-electron chi connectivity index (χ0n) is 13.8. The highest BCUT2D eigenvalue weighted by molar-refractivity contribution is 5.80. The maximum atomic E-state index is 12.1. The molecule has 1 atom stereocenters. The molecule has 0 aliphatic heterocycles. The minimum absolute atomic E-state index is 0.130. The van der Waals surface area contributed by atoms with Crippen molar-refractivity contribution >= 4 is 11.7 Å². The molecule has 0 saturated heterocycles. The summed E-state index contributed by atoms with van der Waals surface area (Å²) in [4.78, 5) is 18.4. The number of carbonyl (C=O) groups is 1. The summed E-state index contributed by atoms with van der Waals surface area (Å²) in [6.45, 7) is 2.61. The van der Waals surface area contributed by atoms with E-state index >= 15 is 0 Å². The van der Waals surface area contributed by atoms with E-state index < -0.39 is 6.10 Å². The van der Waals surface area contributed by atoms with Gasteiger partial charge in [-0.25, -0.2) is 4.98 Å². The van der Waals surface area contributed by atoms with Gasteiger partial charge in [-0.3, -0.25) is 4.79 Å². The van der Waals surface area contributed by atoms with Gasteiger partial charge in [0.25, 0.3) is 0 Å². The number of anilines is 1. The van der Waals surface area contributed by atoms with Crippen LogP contribution in [0.5, 0.6) is 0 Å². The Morgan fingerprint density at radius 3 is 2.65 bits per heavy atom. The van der Waals surface area contributed by atoms with Crippen molar-refractivity contribution in [2.45, 2.75) is 26.2 Å². The first-order valence-electron chi connectivity index (χ1n) is 7.62. The summed E-state index contributed by atoms with van der Waals surface area (Å²) < 4.78 is 5.62. The smallest absolute Gasteiger partial charge is 0.249 e. The molecule has 0 bridgehead atoms. The predicted molar refractivity (Wildman–Crippen MR) is 91.1 cm³/mol. The largest absolute Gasteiger partial charge is 0.364 e. The van der Waals surface area contributed by atoms with Gasteiger partial charge in [0.1, 0.15) is 11.9 Å². The third-order valence-corrected chi connectivity index (χ3v) is 3.46. The molecule has 5 nitrogen and oxygen atoms in total. The SMILES string of the molecule is CC(OCc1ccccc1)C(=O)NCc1cccnc1N(C)C. The second kappa shape index (κ2) is 8.29. The molecule has 5 heteroatoms. The number of rotatable bonds is 7. The van der Waals surface area contributed by atoms with Crippen molar-refractivity contribution in [3.63, 3.8) is 0 Å². The second-order valence-electron chi connectivity index (χ2n) is 5.54. The molecule has 0 radical (unpaired) electrons. The zero-order chi connectivity index (χ0) is 16.7. The van der Waals surface area contributed by atoms with E-state index in [1.165, 1.54) is 0 Å². The lowest BCUT2D eigenvalue weighted by atomic mass is 10.2. The van der Waals surface area contributed by atoms with Crippen molar-refractivity contribution in [3.05, 3.63) is 59.8 Å². The van der Waals surface area contributed by atoms with Crippen molar-refractivity contribution in [1.29, 1.82) is 0 Å². The number of amides is 1. The van der Waals surface area contributed by atoms with Gasteiger partial charge in [0, 0.05) is 32.4 Å². The van der Waals surface area contributed by atoms with Crippen molar-refractivity contribution < 1.29 is 9.53 Å². The lowest BCUT2D eigenvalue weighted by Crippen LogP contribution is -2.34. The van der Waals surface area contributed by atoms with Gasteiger partial charge >= 0.3 is 0 Å². The van der Waals surface area contributed by atoms with Crippen LogP contribution in [0.1, 0.15) is 18.1 Å². The van der Waals surface area contributed by atoms with E-state index in [1.807, 2.05) is 61.5 Å². The summed E-state index contributed by atoms with van der Waals surface area (Å²) in [5.74, 6) is 0.722. The van der Waals surface area contributed by atoms with Gasteiger partial charge in [0.2, 0.25) is 5.91 Å². The zero-order valence-corrected chi connectivity index (χ0v) is 13.8. The average Bonchev–Trinajstić information content (AvgIpc) is 2.58. The van der Waals surface area contributed by atoms with Gasteiger partial charge in [-0.2, -0.15) is 0 Å². The second-order valence-corrected chi connectivity index (χ2v) is 5.54. The standard InChI is InChI=1S/C18H23N3O2/c1-14(23-13-15-8-5-4-6-9-15)18(22)20-12-16-10-7-11-19-17(16)21(2)3/h4-11,14H,12-13H2,1-3H3,(H,20,22). The minimum atomic E-state index is -0.505. The summed E-state index contributed by atoms with van der Waals surface area (Å²) >= 11 is 0. The van der Waals surface area contributed by atoms with Crippen LogP contribution in [0.15, 0.2) is 48.7 Å². The Balaban J connectivity index is 1.85. The Labute approximate surface area is 137 Å². The third-order valence-electron chi connectivity index (χ3n) is 3.46. The fourth-order valence-corrected chi connectivity index (χ4v) is 2.17. The fourth-order valence-electron chi connectivity index (χ4n) is 2.17. The summed E-state index contributed by atoms with van der Waals surface area (Å²) in [5, 5.41) is 2.90. The number of nitrogens with one attached hydrogen (secondary N) is 1. The molecule has 1 unspecified atom stereocenters. The molecular weight excluding hydrogens is 290 g/mol. The summed E-state index contributed by atoms with van der Waals surface area (Å²) in [6.07, 6.45) is 1.24. The van der Waals surface area contributed by atoms with Crippen molar-refractivity contribution in [1.82, 2.24) is 10.3 Å². The fraction of sp³-hybridized carbons (Fsp3) is 0.333. The molecule has 0 spiro atoms. The highest BCUT2D eigenvalue weighted by atomic mass is 16.5. The Hall–Kier alpha value is -2.40. The van der Waals surface area contributed by atoms with Crippen molar-refractivity contribution in [3.8, 4) is 0 Å². The molecule has 122 valence electrons. The van der Waals surface area contributed by atoms with Gasteiger partial charge in [-0.1, -0.05) is 36.4 Å². The van der Waals surface area contributed by atoms with Crippen molar-refractivity contribution in [2.24, 2.45) is 0 Å². The normalized spacial score (nSPS) is 11.8. The van der Waals surface area contributed by atoms with Gasteiger partial charge in [-0.15, -0.1) is 0 Å². The number of hydrogen-bond donors (Lipinski definition) is 1. The molecule has 0 saturated carbocycles. The first-order valence-corrected chi connectivity index (χ1v) is 7.62. The summed E-state index contributed by atoms with van der Waals surface area (Å²) in [6, 6.07) is 13.6. The monoisotopic (exact) mass is 313 g/mol. The number of carbonyl (C=O) groups excluding carboxylic acids is 1. The van der Waals surface area contributed by atoms with E-state index in [0.717, 1.165) is 16.9 Å². The first kappa shape index (κ1) is 17.0. The molecular formula is C18H23N3O2. The maximum absolute atomic E-state index is 12.1.